The fourth-order valence-electron chi connectivity index (χ4n) is 5.26. The molecule has 7 nitrogen and oxygen atoms in total. The molecule has 1 aliphatic heterocycles. The quantitative estimate of drug-likeness (QED) is 0.491. The Bertz CT molecular complexity index is 1330. The van der Waals surface area contributed by atoms with Crippen LogP contribution in [0.1, 0.15) is 46.4 Å². The number of amides is 1. The Morgan fingerprint density at radius 3 is 2.81 bits per heavy atom. The molecule has 7 heteroatoms. The molecule has 1 aliphatic carbocycles. The zero-order valence-corrected chi connectivity index (χ0v) is 18.0. The van der Waals surface area contributed by atoms with Crippen LogP contribution < -0.4 is 0 Å². The van der Waals surface area contributed by atoms with Crippen molar-refractivity contribution in [3.63, 3.8) is 0 Å². The maximum Gasteiger partial charge on any atom is 0.259 e. The van der Waals surface area contributed by atoms with E-state index in [1.54, 1.807) is 16.9 Å². The number of likely N-dealkylation sites (tertiary alicyclic amines) is 1. The number of nitrogens with zero attached hydrogens (tertiary/aromatic N) is 6. The van der Waals surface area contributed by atoms with Gasteiger partial charge in [0.05, 0.1) is 11.9 Å². The van der Waals surface area contributed by atoms with Crippen LogP contribution in [0.2, 0.25) is 0 Å². The monoisotopic (exact) mass is 424 g/mol. The Hall–Kier alpha value is -3.61. The van der Waals surface area contributed by atoms with Gasteiger partial charge in [-0.2, -0.15) is 5.10 Å². The van der Waals surface area contributed by atoms with Gasteiger partial charge in [-0.1, -0.05) is 30.3 Å². The van der Waals surface area contributed by atoms with Gasteiger partial charge in [0, 0.05) is 42.7 Å². The van der Waals surface area contributed by atoms with Crippen LogP contribution in [0.3, 0.4) is 0 Å². The minimum absolute atomic E-state index is 0.00113. The van der Waals surface area contributed by atoms with E-state index in [1.807, 2.05) is 54.5 Å². The van der Waals surface area contributed by atoms with E-state index < -0.39 is 0 Å². The highest BCUT2D eigenvalue weighted by Crippen LogP contribution is 2.44. The summed E-state index contributed by atoms with van der Waals surface area (Å²) in [5, 5.41) is 4.35. The van der Waals surface area contributed by atoms with E-state index in [1.165, 1.54) is 5.56 Å². The van der Waals surface area contributed by atoms with Crippen molar-refractivity contribution in [2.45, 2.75) is 38.0 Å². The van der Waals surface area contributed by atoms with Crippen LogP contribution >= 0.6 is 0 Å². The summed E-state index contributed by atoms with van der Waals surface area (Å²) in [6.45, 7) is 3.39. The van der Waals surface area contributed by atoms with Crippen molar-refractivity contribution in [2.24, 2.45) is 0 Å². The van der Waals surface area contributed by atoms with Crippen LogP contribution in [0.15, 0.2) is 55.1 Å². The van der Waals surface area contributed by atoms with Crippen molar-refractivity contribution in [3.05, 3.63) is 77.5 Å². The predicted octanol–water partition coefficient (Wildman–Crippen LogP) is 3.61. The first-order chi connectivity index (χ1) is 15.6. The molecule has 0 bridgehead atoms. The normalized spacial score (nSPS) is 20.1. The Labute approximate surface area is 186 Å². The Balaban J connectivity index is 1.34. The standard InChI is InChI=1S/C25H24N6O/c1-17-12-27-23-20(14-28-31(23)15-17)24(32)30-11-5-9-25(16-30)10-8-19-13-26-22(29-21(19)25)18-6-3-2-4-7-18/h2-4,6-7,12-15H,5,8-11,16H2,1H3. The van der Waals surface area contributed by atoms with Crippen LogP contribution in [0.5, 0.6) is 0 Å². The van der Waals surface area contributed by atoms with Crippen molar-refractivity contribution in [1.29, 1.82) is 0 Å². The van der Waals surface area contributed by atoms with Gasteiger partial charge >= 0.3 is 0 Å². The third-order valence-electron chi connectivity index (χ3n) is 6.85. The van der Waals surface area contributed by atoms with Gasteiger partial charge in [-0.25, -0.2) is 19.5 Å². The lowest BCUT2D eigenvalue weighted by Crippen LogP contribution is -2.48. The molecule has 0 radical (unpaired) electrons. The van der Waals surface area contributed by atoms with Gasteiger partial charge in [0.15, 0.2) is 11.5 Å². The lowest BCUT2D eigenvalue weighted by molar-refractivity contribution is 0.0635. The summed E-state index contributed by atoms with van der Waals surface area (Å²) >= 11 is 0. The molecule has 1 spiro atoms. The van der Waals surface area contributed by atoms with Crippen molar-refractivity contribution in [3.8, 4) is 11.4 Å². The number of hydrogen-bond donors (Lipinski definition) is 0. The highest BCUT2D eigenvalue weighted by molar-refractivity contribution is 5.99. The van der Waals surface area contributed by atoms with Crippen LogP contribution in [-0.2, 0) is 11.8 Å². The molecule has 0 saturated carbocycles. The molecule has 1 amide bonds. The number of rotatable bonds is 2. The predicted molar refractivity (Wildman–Crippen MR) is 120 cm³/mol. The number of aromatic nitrogens is 5. The largest absolute Gasteiger partial charge is 0.338 e. The zero-order valence-electron chi connectivity index (χ0n) is 18.0. The SMILES string of the molecule is Cc1cnc2c(C(=O)N3CCCC4(CCc5cnc(-c6ccccc6)nc54)C3)cnn2c1. The lowest BCUT2D eigenvalue weighted by Gasteiger charge is -2.40. The summed E-state index contributed by atoms with van der Waals surface area (Å²) in [4.78, 5) is 29.6. The number of benzene rings is 1. The van der Waals surface area contributed by atoms with Gasteiger partial charge in [-0.15, -0.1) is 0 Å². The second-order valence-corrected chi connectivity index (χ2v) is 9.00. The Morgan fingerprint density at radius 1 is 1.06 bits per heavy atom. The van der Waals surface area contributed by atoms with Gasteiger partial charge in [-0.3, -0.25) is 4.79 Å². The summed E-state index contributed by atoms with van der Waals surface area (Å²) < 4.78 is 1.69. The van der Waals surface area contributed by atoms with Crippen LogP contribution in [0.4, 0.5) is 0 Å². The average molecular weight is 425 g/mol. The Kier molecular flexibility index (Phi) is 4.31. The van der Waals surface area contributed by atoms with Crippen LogP contribution in [0, 0.1) is 6.92 Å². The molecule has 32 heavy (non-hydrogen) atoms. The van der Waals surface area contributed by atoms with Gasteiger partial charge in [-0.05, 0) is 43.7 Å². The van der Waals surface area contributed by atoms with Crippen molar-refractivity contribution >= 4 is 11.6 Å². The first-order valence-electron chi connectivity index (χ1n) is 11.1. The molecule has 1 fully saturated rings. The number of piperidine rings is 1. The summed E-state index contributed by atoms with van der Waals surface area (Å²) in [6, 6.07) is 10.1. The maximum atomic E-state index is 13.5. The third-order valence-corrected chi connectivity index (χ3v) is 6.85. The molecule has 160 valence electrons. The Morgan fingerprint density at radius 2 is 1.94 bits per heavy atom. The molecule has 1 atom stereocenters. The van der Waals surface area contributed by atoms with E-state index in [2.05, 4.69) is 15.1 Å². The fourth-order valence-corrected chi connectivity index (χ4v) is 5.26. The van der Waals surface area contributed by atoms with E-state index in [0.29, 0.717) is 17.8 Å². The molecule has 3 aromatic heterocycles. The molecule has 1 aromatic carbocycles. The smallest absolute Gasteiger partial charge is 0.259 e. The number of hydrogen-bond acceptors (Lipinski definition) is 5. The molecular weight excluding hydrogens is 400 g/mol. The second kappa shape index (κ2) is 7.22. The fraction of sp³-hybridized carbons (Fsp3) is 0.320. The molecule has 1 saturated heterocycles. The van der Waals surface area contributed by atoms with Crippen molar-refractivity contribution < 1.29 is 4.79 Å². The van der Waals surface area contributed by atoms with Gasteiger partial charge in [0.1, 0.15) is 5.56 Å². The van der Waals surface area contributed by atoms with E-state index in [0.717, 1.165) is 54.9 Å². The minimum atomic E-state index is -0.108. The topological polar surface area (TPSA) is 76.3 Å². The molecule has 6 rings (SSSR count). The molecular formula is C25H24N6O. The molecule has 0 N–H and O–H groups in total. The van der Waals surface area contributed by atoms with E-state index in [4.69, 9.17) is 4.98 Å². The number of fused-ring (bicyclic) bond motifs is 3. The van der Waals surface area contributed by atoms with Gasteiger partial charge in [0.25, 0.3) is 5.91 Å². The molecule has 2 aliphatic rings. The van der Waals surface area contributed by atoms with Crippen molar-refractivity contribution in [1.82, 2.24) is 29.5 Å². The van der Waals surface area contributed by atoms with Gasteiger partial charge in [0.2, 0.25) is 0 Å². The molecule has 4 aromatic rings. The van der Waals surface area contributed by atoms with Crippen LogP contribution in [-0.4, -0.2) is 48.5 Å². The average Bonchev–Trinajstić information content (AvgIpc) is 3.40. The number of aryl methyl sites for hydroxylation is 2. The summed E-state index contributed by atoms with van der Waals surface area (Å²) in [7, 11) is 0. The maximum absolute atomic E-state index is 13.5. The summed E-state index contributed by atoms with van der Waals surface area (Å²) in [6.07, 6.45) is 11.3. The zero-order chi connectivity index (χ0) is 21.7. The number of carbonyl (C=O) groups is 1. The molecule has 4 heterocycles. The highest BCUT2D eigenvalue weighted by Gasteiger charge is 2.45. The molecule has 1 unspecified atom stereocenters. The first kappa shape index (κ1) is 19.1. The van der Waals surface area contributed by atoms with Crippen molar-refractivity contribution in [2.75, 3.05) is 13.1 Å². The van der Waals surface area contributed by atoms with Crippen LogP contribution in [0.25, 0.3) is 17.0 Å². The highest BCUT2D eigenvalue weighted by atomic mass is 16.2. The second-order valence-electron chi connectivity index (χ2n) is 9.00. The summed E-state index contributed by atoms with van der Waals surface area (Å²) in [5.41, 5.74) is 5.43. The third kappa shape index (κ3) is 2.99. The summed E-state index contributed by atoms with van der Waals surface area (Å²) in [5.74, 6) is 0.762. The van der Waals surface area contributed by atoms with Gasteiger partial charge < -0.3 is 4.90 Å². The minimum Gasteiger partial charge on any atom is -0.338 e. The van der Waals surface area contributed by atoms with E-state index in [9.17, 15) is 4.79 Å². The lowest BCUT2D eigenvalue weighted by atomic mass is 9.77. The number of carbonyl (C=O) groups excluding carboxylic acids is 1. The first-order valence-corrected chi connectivity index (χ1v) is 11.1. The van der Waals surface area contributed by atoms with E-state index in [-0.39, 0.29) is 11.3 Å². The van der Waals surface area contributed by atoms with E-state index >= 15 is 0 Å².